The van der Waals surface area contributed by atoms with Gasteiger partial charge in [0, 0.05) is 94.9 Å². The van der Waals surface area contributed by atoms with Crippen LogP contribution in [0.1, 0.15) is 142 Å². The standard InChI is InChI=1S/C34H46N10O7Si.C34H48N10O5Si.2Na.O4S2/c1-8-43-26(16-21(2)41-43)32(47)40-33-39-24-17-23(30(36)46)20-38-31(24)42(33)13-10-9-12-37-28-25(44(48)49)18-22(29(35)45)19-27(28)50-14-11-15-51-52(6,7)34(3,4)5;1-8-44-26(16-21(2)42-44)32(47)41-33-40-25-18-23(30(37)46)20-39-31(25)43(33)13-10-9-12-38-28-24(35)17-22(29(36)45)19-27(28)48-14-11-15-49-50(6,7)34(3,4)5;;;1-5(2)6(3)4/h9-10,16-20,37H,8,11-15H2,1-7H3,(H2,35,45)(H2,36,46)(H,39,40,47);9-10,16-20,38H,8,11-15,35H2,1-7H3,(H2,36,45)(H2,37,46)(H,40,41,47);;;/b2*10-9+;;;. The van der Waals surface area contributed by atoms with E-state index >= 15 is 0 Å². The first-order valence-corrected chi connectivity index (χ1v) is 51.5. The minimum absolute atomic E-state index is 0.0405. The molecule has 110 heavy (non-hydrogen) atoms. The van der Waals surface area contributed by atoms with Gasteiger partial charge in [0.2, 0.25) is 35.5 Å². The monoisotopic (exact) mass is 1610 g/mol. The molecular weight excluding hydrogens is 1520 g/mol. The number of hydrogen-bond acceptors (Lipinski definition) is 25. The van der Waals surface area contributed by atoms with Gasteiger partial charge in [-0.3, -0.25) is 68.0 Å². The predicted octanol–water partition coefficient (Wildman–Crippen LogP) is 7.12. The number of nitrogens with zero attached hydrogens (tertiary/aromatic N) is 11. The van der Waals surface area contributed by atoms with E-state index in [2.05, 4.69) is 119 Å². The maximum atomic E-state index is 13.3. The Bertz CT molecular complexity index is 4980. The number of rotatable bonds is 33. The molecule has 0 unspecified atom stereocenters. The molecule has 8 aromatic rings. The first-order chi connectivity index (χ1) is 51.6. The van der Waals surface area contributed by atoms with E-state index in [1.165, 1.54) is 80.3 Å². The number of ether oxygens (including phenoxy) is 2. The molecule has 0 bridgehead atoms. The number of allylic oxidation sites excluding steroid dienone is 2. The molecule has 0 spiro atoms. The third-order valence-corrected chi connectivity index (χ3v) is 27.4. The summed E-state index contributed by atoms with van der Waals surface area (Å²) in [6.45, 7) is 32.5. The second-order valence-electron chi connectivity index (χ2n) is 27.4. The van der Waals surface area contributed by atoms with Gasteiger partial charge in [-0.05, 0) is 106 Å². The van der Waals surface area contributed by atoms with Gasteiger partial charge in [-0.1, -0.05) is 65.8 Å². The molecule has 0 aliphatic rings. The van der Waals surface area contributed by atoms with Crippen molar-refractivity contribution < 1.29 is 68.9 Å². The van der Waals surface area contributed by atoms with Crippen LogP contribution in [-0.2, 0) is 53.6 Å². The van der Waals surface area contributed by atoms with E-state index in [0.29, 0.717) is 115 Å². The maximum absolute atomic E-state index is 13.3. The number of nitrogen functional groups attached to an aromatic ring is 1. The Kier molecular flexibility index (Phi) is 34.2. The van der Waals surface area contributed by atoms with Gasteiger partial charge in [-0.2, -0.15) is 27.0 Å². The van der Waals surface area contributed by atoms with E-state index in [9.17, 15) is 38.9 Å². The summed E-state index contributed by atoms with van der Waals surface area (Å²) in [5, 5.41) is 32.9. The molecule has 6 amide bonds. The Balaban J connectivity index is 0.000000359. The number of primary amides is 4. The molecule has 0 atom stereocenters. The number of imidazole rings is 2. The second-order valence-corrected chi connectivity index (χ2v) is 39.4. The summed E-state index contributed by atoms with van der Waals surface area (Å²) < 4.78 is 67.4. The van der Waals surface area contributed by atoms with E-state index in [1.54, 1.807) is 55.8 Å². The third-order valence-electron chi connectivity index (χ3n) is 17.5. The van der Waals surface area contributed by atoms with Crippen LogP contribution in [0.5, 0.6) is 11.5 Å². The number of nitrogens with two attached hydrogens (primary N) is 5. The molecule has 36 nitrogen and oxygen atoms in total. The Morgan fingerprint density at radius 1 is 0.564 bits per heavy atom. The number of aromatic nitrogens is 10. The molecule has 6 aromatic heterocycles. The fourth-order valence-electron chi connectivity index (χ4n) is 9.78. The van der Waals surface area contributed by atoms with Crippen molar-refractivity contribution in [3.63, 3.8) is 0 Å². The average Bonchev–Trinajstić information content (AvgIpc) is 1.62. The normalized spacial score (nSPS) is 11.6. The summed E-state index contributed by atoms with van der Waals surface area (Å²) in [7, 11) is -9.76. The summed E-state index contributed by atoms with van der Waals surface area (Å²) in [6.07, 6.45) is 11.1. The zero-order chi connectivity index (χ0) is 82.3. The number of anilines is 5. The molecule has 0 fully saturated rings. The van der Waals surface area contributed by atoms with Gasteiger partial charge >= 0.3 is 62.1 Å². The summed E-state index contributed by atoms with van der Waals surface area (Å²) in [5.74, 6) is -2.69. The fourth-order valence-corrected chi connectivity index (χ4v) is 12.0. The first kappa shape index (κ1) is 91.4. The van der Waals surface area contributed by atoms with E-state index < -0.39 is 75.5 Å². The molecule has 0 aliphatic carbocycles. The van der Waals surface area contributed by atoms with Crippen LogP contribution in [0.2, 0.25) is 36.3 Å². The van der Waals surface area contributed by atoms with Gasteiger partial charge in [0.15, 0.2) is 33.6 Å². The zero-order valence-corrected chi connectivity index (χ0v) is 72.4. The van der Waals surface area contributed by atoms with Crippen LogP contribution >= 0.6 is 0 Å². The molecule has 6 heterocycles. The molecule has 42 heteroatoms. The second kappa shape index (κ2) is 41.2. The number of nitro benzene ring substituents is 1. The van der Waals surface area contributed by atoms with Gasteiger partial charge in [-0.15, -0.1) is 0 Å². The van der Waals surface area contributed by atoms with Crippen LogP contribution in [0.15, 0.2) is 85.2 Å². The van der Waals surface area contributed by atoms with Crippen molar-refractivity contribution >= 4 is 171 Å². The predicted molar refractivity (Wildman–Crippen MR) is 425 cm³/mol. The van der Waals surface area contributed by atoms with E-state index in [0.717, 1.165) is 6.07 Å². The van der Waals surface area contributed by atoms with E-state index in [4.69, 9.17) is 63.8 Å². The molecule has 0 radical (unpaired) electrons. The Labute approximate surface area is 669 Å². The van der Waals surface area contributed by atoms with Crippen LogP contribution in [0.3, 0.4) is 0 Å². The number of aryl methyl sites for hydroxylation is 4. The molecule has 8 rings (SSSR count). The van der Waals surface area contributed by atoms with Gasteiger partial charge < -0.3 is 57.6 Å². The topological polar surface area (TPSA) is 526 Å². The quantitative estimate of drug-likeness (QED) is 0.00493. The Hall–Kier alpha value is -9.21. The molecular formula is C68H94N20Na2O16S2Si2. The van der Waals surface area contributed by atoms with Crippen LogP contribution in [0, 0.1) is 24.0 Å². The van der Waals surface area contributed by atoms with Crippen molar-refractivity contribution in [2.24, 2.45) is 22.9 Å². The summed E-state index contributed by atoms with van der Waals surface area (Å²) >= 11 is 2.89. The summed E-state index contributed by atoms with van der Waals surface area (Å²) in [4.78, 5) is 103. The van der Waals surface area contributed by atoms with Gasteiger partial charge in [0.1, 0.15) is 39.6 Å². The number of pyridine rings is 2. The number of hydrogen-bond donors (Lipinski definition) is 9. The number of carbonyl (C=O) groups excluding carboxylic acids is 6. The SMILES string of the molecule is CCn1nc(C)cc1C(=O)Nc1nc2cc(C(N)=O)cnc2n1C/C=C/CNc1c(N)cc(C(N)=O)cc1OCCCO[Si](C)(C)C(C)(C)C.CCn1nc(C)cc1C(=O)Nc1nc2cc(C(N)=O)cnc2n1C/C=C/CNc1c(OCCCO[Si](C)(C)C(C)(C)C)cc(C(N)=O)cc1[N+](=O)[O-].O=S(=O)=S(=O)=O.[Na][Na]. The molecule has 0 aliphatic heterocycles. The van der Waals surface area contributed by atoms with Crippen LogP contribution in [0.4, 0.5) is 34.6 Å². The van der Waals surface area contributed by atoms with Gasteiger partial charge in [-0.25, -0.2) is 19.9 Å². The van der Waals surface area contributed by atoms with Crippen molar-refractivity contribution in [3.8, 4) is 11.5 Å². The van der Waals surface area contributed by atoms with E-state index in [-0.39, 0.29) is 87.6 Å². The summed E-state index contributed by atoms with van der Waals surface area (Å²) in [5.41, 5.74) is 33.0. The van der Waals surface area contributed by atoms with Gasteiger partial charge in [0.25, 0.3) is 17.5 Å². The van der Waals surface area contributed by atoms with Gasteiger partial charge in [0.05, 0.1) is 46.3 Å². The molecule has 584 valence electrons. The number of fused-ring (bicyclic) bond motifs is 2. The minimum atomic E-state index is -2.95. The Morgan fingerprint density at radius 3 is 1.29 bits per heavy atom. The Morgan fingerprint density at radius 2 is 0.936 bits per heavy atom. The van der Waals surface area contributed by atoms with Crippen molar-refractivity contribution in [1.82, 2.24) is 48.6 Å². The number of nitrogens with one attached hydrogen (secondary N) is 4. The van der Waals surface area contributed by atoms with Crippen LogP contribution in [0.25, 0.3) is 22.3 Å². The number of benzene rings is 2. The molecule has 0 saturated heterocycles. The number of amides is 6. The molecule has 0 saturated carbocycles. The average molecular weight is 1610 g/mol. The zero-order valence-electron chi connectivity index (χ0n) is 64.7. The van der Waals surface area contributed by atoms with E-state index in [1.807, 2.05) is 32.9 Å². The molecule has 14 N–H and O–H groups in total. The first-order valence-electron chi connectivity index (χ1n) is 35.0. The van der Waals surface area contributed by atoms with Crippen molar-refractivity contribution in [2.45, 2.75) is 145 Å². The van der Waals surface area contributed by atoms with Crippen LogP contribution < -0.4 is 59.4 Å². The van der Waals surface area contributed by atoms with Crippen molar-refractivity contribution in [2.75, 3.05) is 66.5 Å². The third kappa shape index (κ3) is 25.4. The summed E-state index contributed by atoms with van der Waals surface area (Å²) in [6, 6.07) is 11.9. The number of nitro groups is 1. The van der Waals surface area contributed by atoms with Crippen molar-refractivity contribution in [3.05, 3.63) is 140 Å². The number of carbonyl (C=O) groups is 6. The van der Waals surface area contributed by atoms with Crippen molar-refractivity contribution in [1.29, 1.82) is 0 Å². The fraction of sp³-hybridized carbons (Fsp3) is 0.412. The van der Waals surface area contributed by atoms with Crippen LogP contribution in [-0.4, -0.2) is 206 Å². The molecule has 2 aromatic carbocycles.